The minimum Gasteiger partial charge on any atom is -0.478 e. The summed E-state index contributed by atoms with van der Waals surface area (Å²) in [4.78, 5) is 10.7. The molecule has 0 aliphatic rings. The molecule has 2 aromatic carbocycles. The van der Waals surface area contributed by atoms with E-state index in [1.807, 2.05) is 57.2 Å². The van der Waals surface area contributed by atoms with Gasteiger partial charge in [-0.1, -0.05) is 50.2 Å². The predicted octanol–water partition coefficient (Wildman–Crippen LogP) is 4.39. The van der Waals surface area contributed by atoms with Crippen LogP contribution in [-0.2, 0) is 0 Å². The minimum atomic E-state index is -0.892. The lowest BCUT2D eigenvalue weighted by Gasteiger charge is -2.05. The lowest BCUT2D eigenvalue weighted by molar-refractivity contribution is 0.0697. The quantitative estimate of drug-likeness (QED) is 0.848. The number of benzene rings is 2. The SMILES string of the molecule is CC.Cc1ccccc1-c1ccc(C(=O)O)cc1. The van der Waals surface area contributed by atoms with E-state index in [1.54, 1.807) is 12.1 Å². The first-order valence-electron chi connectivity index (χ1n) is 6.08. The number of rotatable bonds is 2. The number of carbonyl (C=O) groups is 1. The molecule has 0 radical (unpaired) electrons. The molecule has 1 N–H and O–H groups in total. The highest BCUT2D eigenvalue weighted by Gasteiger charge is 2.04. The smallest absolute Gasteiger partial charge is 0.335 e. The molecular weight excluding hydrogens is 224 g/mol. The number of aromatic carboxylic acids is 1. The highest BCUT2D eigenvalue weighted by atomic mass is 16.4. The van der Waals surface area contributed by atoms with Gasteiger partial charge in [0.25, 0.3) is 0 Å². The molecule has 0 amide bonds. The van der Waals surface area contributed by atoms with Crippen molar-refractivity contribution in [1.82, 2.24) is 0 Å². The number of carboxylic acids is 1. The molecule has 0 fully saturated rings. The topological polar surface area (TPSA) is 37.3 Å². The van der Waals surface area contributed by atoms with Gasteiger partial charge in [0, 0.05) is 0 Å². The van der Waals surface area contributed by atoms with Crippen molar-refractivity contribution in [2.75, 3.05) is 0 Å². The highest BCUT2D eigenvalue weighted by Crippen LogP contribution is 2.23. The highest BCUT2D eigenvalue weighted by molar-refractivity contribution is 5.88. The van der Waals surface area contributed by atoms with Crippen LogP contribution in [0.15, 0.2) is 48.5 Å². The minimum absolute atomic E-state index is 0.317. The molecule has 0 aromatic heterocycles. The van der Waals surface area contributed by atoms with Crippen molar-refractivity contribution in [1.29, 1.82) is 0 Å². The lowest BCUT2D eigenvalue weighted by Crippen LogP contribution is -1.95. The van der Waals surface area contributed by atoms with Crippen LogP contribution in [0.3, 0.4) is 0 Å². The maximum atomic E-state index is 10.7. The maximum absolute atomic E-state index is 10.7. The fourth-order valence-corrected chi connectivity index (χ4v) is 1.69. The fourth-order valence-electron chi connectivity index (χ4n) is 1.69. The van der Waals surface area contributed by atoms with E-state index in [4.69, 9.17) is 5.11 Å². The summed E-state index contributed by atoms with van der Waals surface area (Å²) >= 11 is 0. The molecule has 2 aromatic rings. The van der Waals surface area contributed by atoms with Crippen LogP contribution in [0.2, 0.25) is 0 Å². The van der Waals surface area contributed by atoms with Gasteiger partial charge in [0.05, 0.1) is 5.56 Å². The predicted molar refractivity (Wildman–Crippen MR) is 74.9 cm³/mol. The van der Waals surface area contributed by atoms with Gasteiger partial charge in [0.1, 0.15) is 0 Å². The molecule has 0 atom stereocenters. The second-order valence-corrected chi connectivity index (χ2v) is 3.70. The summed E-state index contributed by atoms with van der Waals surface area (Å²) in [5.74, 6) is -0.892. The Morgan fingerprint density at radius 1 is 0.944 bits per heavy atom. The Morgan fingerprint density at radius 3 is 2.00 bits per heavy atom. The molecule has 0 heterocycles. The molecule has 0 saturated carbocycles. The molecule has 0 saturated heterocycles. The van der Waals surface area contributed by atoms with Gasteiger partial charge in [0.15, 0.2) is 0 Å². The number of aryl methyl sites for hydroxylation is 1. The Kier molecular flexibility index (Phi) is 5.12. The van der Waals surface area contributed by atoms with Gasteiger partial charge in [-0.25, -0.2) is 4.79 Å². The average Bonchev–Trinajstić information content (AvgIpc) is 2.42. The van der Waals surface area contributed by atoms with Crippen molar-refractivity contribution < 1.29 is 9.90 Å². The average molecular weight is 242 g/mol. The van der Waals surface area contributed by atoms with Crippen LogP contribution in [0, 0.1) is 6.92 Å². The lowest BCUT2D eigenvalue weighted by atomic mass is 10.00. The zero-order chi connectivity index (χ0) is 13.5. The summed E-state index contributed by atoms with van der Waals surface area (Å²) in [5.41, 5.74) is 3.69. The number of carboxylic acid groups (broad SMARTS) is 1. The van der Waals surface area contributed by atoms with Crippen molar-refractivity contribution in [3.8, 4) is 11.1 Å². The van der Waals surface area contributed by atoms with Crippen LogP contribution in [-0.4, -0.2) is 11.1 Å². The Labute approximate surface area is 108 Å². The second kappa shape index (κ2) is 6.60. The summed E-state index contributed by atoms with van der Waals surface area (Å²) in [6.45, 7) is 6.04. The number of hydrogen-bond donors (Lipinski definition) is 1. The molecule has 0 spiro atoms. The zero-order valence-electron chi connectivity index (χ0n) is 11.0. The van der Waals surface area contributed by atoms with Crippen molar-refractivity contribution >= 4 is 5.97 Å². The van der Waals surface area contributed by atoms with Crippen molar-refractivity contribution in [2.24, 2.45) is 0 Å². The van der Waals surface area contributed by atoms with Crippen molar-refractivity contribution in [3.05, 3.63) is 59.7 Å². The third kappa shape index (κ3) is 3.20. The molecule has 2 rings (SSSR count). The van der Waals surface area contributed by atoms with Crippen LogP contribution in [0.5, 0.6) is 0 Å². The van der Waals surface area contributed by atoms with Gasteiger partial charge in [-0.3, -0.25) is 0 Å². The van der Waals surface area contributed by atoms with E-state index in [0.29, 0.717) is 5.56 Å². The van der Waals surface area contributed by atoms with Crippen LogP contribution in [0.4, 0.5) is 0 Å². The molecular formula is C16H18O2. The van der Waals surface area contributed by atoms with E-state index >= 15 is 0 Å². The van der Waals surface area contributed by atoms with E-state index < -0.39 is 5.97 Å². The van der Waals surface area contributed by atoms with Crippen LogP contribution in [0.25, 0.3) is 11.1 Å². The van der Waals surface area contributed by atoms with Crippen LogP contribution >= 0.6 is 0 Å². The Bertz CT molecular complexity index is 513. The molecule has 2 nitrogen and oxygen atoms in total. The van der Waals surface area contributed by atoms with E-state index in [9.17, 15) is 4.79 Å². The van der Waals surface area contributed by atoms with E-state index in [2.05, 4.69) is 0 Å². The standard InChI is InChI=1S/C14H12O2.C2H6/c1-10-4-2-3-5-13(10)11-6-8-12(9-7-11)14(15)16;1-2/h2-9H,1H3,(H,15,16);1-2H3. The third-order valence-electron chi connectivity index (χ3n) is 2.59. The summed E-state index contributed by atoms with van der Waals surface area (Å²) in [6.07, 6.45) is 0. The summed E-state index contributed by atoms with van der Waals surface area (Å²) in [7, 11) is 0. The van der Waals surface area contributed by atoms with Crippen LogP contribution < -0.4 is 0 Å². The Morgan fingerprint density at radius 2 is 1.50 bits per heavy atom. The van der Waals surface area contributed by atoms with E-state index in [0.717, 1.165) is 11.1 Å². The molecule has 18 heavy (non-hydrogen) atoms. The van der Waals surface area contributed by atoms with E-state index in [1.165, 1.54) is 5.56 Å². The molecule has 0 aliphatic carbocycles. The fraction of sp³-hybridized carbons (Fsp3) is 0.188. The zero-order valence-corrected chi connectivity index (χ0v) is 11.0. The van der Waals surface area contributed by atoms with Crippen molar-refractivity contribution in [3.63, 3.8) is 0 Å². The summed E-state index contributed by atoms with van der Waals surface area (Å²) in [6, 6.07) is 15.0. The second-order valence-electron chi connectivity index (χ2n) is 3.70. The first kappa shape index (κ1) is 14.0. The maximum Gasteiger partial charge on any atom is 0.335 e. The summed E-state index contributed by atoms with van der Waals surface area (Å²) < 4.78 is 0. The van der Waals surface area contributed by atoms with Gasteiger partial charge in [-0.05, 0) is 35.7 Å². The molecule has 2 heteroatoms. The third-order valence-corrected chi connectivity index (χ3v) is 2.59. The van der Waals surface area contributed by atoms with Gasteiger partial charge in [0.2, 0.25) is 0 Å². The summed E-state index contributed by atoms with van der Waals surface area (Å²) in [5, 5.41) is 8.80. The normalized spacial score (nSPS) is 9.28. The first-order chi connectivity index (χ1) is 8.68. The van der Waals surface area contributed by atoms with Crippen molar-refractivity contribution in [2.45, 2.75) is 20.8 Å². The number of hydrogen-bond acceptors (Lipinski definition) is 1. The molecule has 94 valence electrons. The van der Waals surface area contributed by atoms with Gasteiger partial charge in [-0.15, -0.1) is 0 Å². The molecule has 0 bridgehead atoms. The van der Waals surface area contributed by atoms with Gasteiger partial charge < -0.3 is 5.11 Å². The van der Waals surface area contributed by atoms with Gasteiger partial charge in [-0.2, -0.15) is 0 Å². The van der Waals surface area contributed by atoms with E-state index in [-0.39, 0.29) is 0 Å². The first-order valence-corrected chi connectivity index (χ1v) is 6.08. The van der Waals surface area contributed by atoms with Crippen LogP contribution in [0.1, 0.15) is 29.8 Å². The molecule has 0 unspecified atom stereocenters. The Hall–Kier alpha value is -2.09. The van der Waals surface area contributed by atoms with Gasteiger partial charge >= 0.3 is 5.97 Å². The monoisotopic (exact) mass is 242 g/mol. The largest absolute Gasteiger partial charge is 0.478 e. The molecule has 0 aliphatic heterocycles. The Balaban J connectivity index is 0.000000771.